The summed E-state index contributed by atoms with van der Waals surface area (Å²) in [5, 5.41) is 0. The van der Waals surface area contributed by atoms with E-state index in [4.69, 9.17) is 4.74 Å². The zero-order valence-electron chi connectivity index (χ0n) is 16.3. The fourth-order valence-electron chi connectivity index (χ4n) is 2.53. The lowest BCUT2D eigenvalue weighted by atomic mass is 10.0. The van der Waals surface area contributed by atoms with Gasteiger partial charge in [-0.2, -0.15) is 0 Å². The number of benzene rings is 1. The van der Waals surface area contributed by atoms with Gasteiger partial charge < -0.3 is 9.64 Å². The van der Waals surface area contributed by atoms with Crippen molar-refractivity contribution in [2.45, 2.75) is 53.0 Å². The predicted octanol–water partition coefficient (Wildman–Crippen LogP) is 4.26. The maximum absolute atomic E-state index is 12.6. The van der Waals surface area contributed by atoms with E-state index >= 15 is 0 Å². The molecule has 4 heteroatoms. The van der Waals surface area contributed by atoms with Gasteiger partial charge in [-0.15, -0.1) is 0 Å². The summed E-state index contributed by atoms with van der Waals surface area (Å²) in [4.78, 5) is 26.0. The molecule has 0 spiro atoms. The van der Waals surface area contributed by atoms with Gasteiger partial charge >= 0.3 is 5.97 Å². The van der Waals surface area contributed by atoms with Crippen molar-refractivity contribution in [3.05, 3.63) is 41.5 Å². The molecule has 1 aromatic carbocycles. The summed E-state index contributed by atoms with van der Waals surface area (Å²) < 4.78 is 4.77. The molecule has 0 bridgehead atoms. The molecule has 0 radical (unpaired) electrons. The predicted molar refractivity (Wildman–Crippen MR) is 102 cm³/mol. The van der Waals surface area contributed by atoms with E-state index in [1.54, 1.807) is 17.9 Å². The van der Waals surface area contributed by atoms with Gasteiger partial charge in [0.05, 0.1) is 13.0 Å². The summed E-state index contributed by atoms with van der Waals surface area (Å²) in [6.45, 7) is 10.5. The first-order valence-corrected chi connectivity index (χ1v) is 8.96. The molecule has 0 saturated carbocycles. The highest BCUT2D eigenvalue weighted by molar-refractivity contribution is 5.92. The van der Waals surface area contributed by atoms with E-state index in [1.807, 2.05) is 32.1 Å². The van der Waals surface area contributed by atoms with Gasteiger partial charge in [-0.1, -0.05) is 52.0 Å². The molecule has 0 saturated heterocycles. The van der Waals surface area contributed by atoms with Crippen molar-refractivity contribution in [1.29, 1.82) is 0 Å². The van der Waals surface area contributed by atoms with Gasteiger partial charge in [0.2, 0.25) is 5.91 Å². The van der Waals surface area contributed by atoms with E-state index in [1.165, 1.54) is 12.7 Å². The number of methoxy groups -OCH3 is 1. The SMILES string of the molecule is CCC(C)N(CC(C)C(=O)OC)C(=O)/C=C/c1ccc(C(C)C)cc1. The largest absolute Gasteiger partial charge is 0.469 e. The Kier molecular flexibility index (Phi) is 8.39. The number of nitrogens with zero attached hydrogens (tertiary/aromatic N) is 1. The van der Waals surface area contributed by atoms with Crippen molar-refractivity contribution >= 4 is 18.0 Å². The lowest BCUT2D eigenvalue weighted by molar-refractivity contribution is -0.146. The molecule has 0 aliphatic rings. The van der Waals surface area contributed by atoms with Crippen LogP contribution in [0.2, 0.25) is 0 Å². The van der Waals surface area contributed by atoms with Crippen LogP contribution in [0.15, 0.2) is 30.3 Å². The van der Waals surface area contributed by atoms with Crippen molar-refractivity contribution in [1.82, 2.24) is 4.90 Å². The summed E-state index contributed by atoms with van der Waals surface area (Å²) in [7, 11) is 1.37. The van der Waals surface area contributed by atoms with Crippen LogP contribution in [0.5, 0.6) is 0 Å². The maximum Gasteiger partial charge on any atom is 0.310 e. The monoisotopic (exact) mass is 345 g/mol. The van der Waals surface area contributed by atoms with E-state index in [9.17, 15) is 9.59 Å². The minimum Gasteiger partial charge on any atom is -0.469 e. The topological polar surface area (TPSA) is 46.6 Å². The quantitative estimate of drug-likeness (QED) is 0.522. The van der Waals surface area contributed by atoms with Gasteiger partial charge in [0.1, 0.15) is 0 Å². The molecule has 0 aromatic heterocycles. The molecule has 1 rings (SSSR count). The van der Waals surface area contributed by atoms with Gasteiger partial charge in [0.25, 0.3) is 0 Å². The number of carbonyl (C=O) groups excluding carboxylic acids is 2. The third-order valence-corrected chi connectivity index (χ3v) is 4.50. The van der Waals surface area contributed by atoms with Gasteiger partial charge in [-0.25, -0.2) is 0 Å². The highest BCUT2D eigenvalue weighted by Gasteiger charge is 2.23. The molecule has 2 atom stereocenters. The van der Waals surface area contributed by atoms with Crippen LogP contribution in [0.3, 0.4) is 0 Å². The molecule has 25 heavy (non-hydrogen) atoms. The number of hydrogen-bond donors (Lipinski definition) is 0. The van der Waals surface area contributed by atoms with Crippen LogP contribution in [0.4, 0.5) is 0 Å². The minimum absolute atomic E-state index is 0.0626. The van der Waals surface area contributed by atoms with Gasteiger partial charge in [0.15, 0.2) is 0 Å². The van der Waals surface area contributed by atoms with Crippen LogP contribution in [-0.4, -0.2) is 36.5 Å². The third kappa shape index (κ3) is 6.37. The second-order valence-electron chi connectivity index (χ2n) is 6.83. The number of amides is 1. The second-order valence-corrected chi connectivity index (χ2v) is 6.83. The highest BCUT2D eigenvalue weighted by atomic mass is 16.5. The molecule has 0 aliphatic heterocycles. The Bertz CT molecular complexity index is 590. The van der Waals surface area contributed by atoms with E-state index < -0.39 is 0 Å². The Morgan fingerprint density at radius 2 is 1.72 bits per heavy atom. The first-order valence-electron chi connectivity index (χ1n) is 8.96. The summed E-state index contributed by atoms with van der Waals surface area (Å²) >= 11 is 0. The number of rotatable bonds is 8. The smallest absolute Gasteiger partial charge is 0.310 e. The average Bonchev–Trinajstić information content (AvgIpc) is 2.62. The van der Waals surface area contributed by atoms with Gasteiger partial charge in [-0.05, 0) is 36.5 Å². The highest BCUT2D eigenvalue weighted by Crippen LogP contribution is 2.16. The fourth-order valence-corrected chi connectivity index (χ4v) is 2.53. The lowest BCUT2D eigenvalue weighted by Crippen LogP contribution is -2.42. The molecule has 1 amide bonds. The van der Waals surface area contributed by atoms with E-state index in [0.717, 1.165) is 12.0 Å². The van der Waals surface area contributed by atoms with Gasteiger partial charge in [0, 0.05) is 18.7 Å². The van der Waals surface area contributed by atoms with E-state index in [2.05, 4.69) is 26.0 Å². The third-order valence-electron chi connectivity index (χ3n) is 4.50. The van der Waals surface area contributed by atoms with E-state index in [0.29, 0.717) is 12.5 Å². The molecule has 0 heterocycles. The molecule has 2 unspecified atom stereocenters. The zero-order valence-corrected chi connectivity index (χ0v) is 16.3. The summed E-state index contributed by atoms with van der Waals surface area (Å²) in [5.74, 6) is -0.241. The van der Waals surface area contributed by atoms with Crippen LogP contribution < -0.4 is 0 Å². The summed E-state index contributed by atoms with van der Waals surface area (Å²) in [5.41, 5.74) is 2.26. The van der Waals surface area contributed by atoms with Crippen LogP contribution in [0.1, 0.15) is 58.1 Å². The van der Waals surface area contributed by atoms with Crippen LogP contribution in [-0.2, 0) is 14.3 Å². The number of ether oxygens (including phenoxy) is 1. The molecule has 138 valence electrons. The molecule has 0 aliphatic carbocycles. The molecule has 1 aromatic rings. The minimum atomic E-state index is -0.346. The number of carbonyl (C=O) groups is 2. The van der Waals surface area contributed by atoms with Crippen molar-refractivity contribution < 1.29 is 14.3 Å². The van der Waals surface area contributed by atoms with Crippen LogP contribution >= 0.6 is 0 Å². The van der Waals surface area contributed by atoms with Crippen molar-refractivity contribution in [3.63, 3.8) is 0 Å². The maximum atomic E-state index is 12.6. The second kappa shape index (κ2) is 10.0. The molecule has 4 nitrogen and oxygen atoms in total. The first-order chi connectivity index (χ1) is 11.8. The van der Waals surface area contributed by atoms with E-state index in [-0.39, 0.29) is 23.8 Å². The molecular formula is C21H31NO3. The number of esters is 1. The fraction of sp³-hybridized carbons (Fsp3) is 0.524. The molecule has 0 N–H and O–H groups in total. The molecular weight excluding hydrogens is 314 g/mol. The van der Waals surface area contributed by atoms with Crippen molar-refractivity contribution in [2.24, 2.45) is 5.92 Å². The van der Waals surface area contributed by atoms with Gasteiger partial charge in [-0.3, -0.25) is 9.59 Å². The first kappa shape index (κ1) is 20.9. The van der Waals surface area contributed by atoms with Crippen LogP contribution in [0, 0.1) is 5.92 Å². The standard InChI is InChI=1S/C21H31NO3/c1-7-17(5)22(14-16(4)21(24)25-6)20(23)13-10-18-8-11-19(12-9-18)15(2)3/h8-13,15-17H,7,14H2,1-6H3/b13-10+. The molecule has 0 fully saturated rings. The average molecular weight is 345 g/mol. The Balaban J connectivity index is 2.84. The Labute approximate surface area is 151 Å². The summed E-state index contributed by atoms with van der Waals surface area (Å²) in [6, 6.07) is 8.27. The Hall–Kier alpha value is -2.10. The van der Waals surface area contributed by atoms with Crippen molar-refractivity contribution in [3.8, 4) is 0 Å². The normalized spacial score (nSPS) is 13.7. The number of hydrogen-bond acceptors (Lipinski definition) is 3. The Morgan fingerprint density at radius 3 is 2.20 bits per heavy atom. The van der Waals surface area contributed by atoms with Crippen LogP contribution in [0.25, 0.3) is 6.08 Å². The van der Waals surface area contributed by atoms with Crippen molar-refractivity contribution in [2.75, 3.05) is 13.7 Å². The lowest BCUT2D eigenvalue weighted by Gasteiger charge is -2.29. The Morgan fingerprint density at radius 1 is 1.12 bits per heavy atom. The zero-order chi connectivity index (χ0) is 19.0. The summed E-state index contributed by atoms with van der Waals surface area (Å²) in [6.07, 6.45) is 4.24.